The first kappa shape index (κ1) is 10.3. The lowest BCUT2D eigenvalue weighted by Crippen LogP contribution is -2.25. The maximum absolute atomic E-state index is 11.3. The standard InChI is InChI=1S/C9H13ClN2O/c1-7(5-10)6-12-4-3-8(2)11-9(12)13/h3-4,7H,5-6H2,1-2H3. The smallest absolute Gasteiger partial charge is 0.299 e. The quantitative estimate of drug-likeness (QED) is 0.692. The maximum Gasteiger partial charge on any atom is 0.347 e. The number of halogens is 1. The van der Waals surface area contributed by atoms with Gasteiger partial charge in [0.25, 0.3) is 0 Å². The van der Waals surface area contributed by atoms with Crippen LogP contribution >= 0.6 is 11.6 Å². The molecule has 1 heterocycles. The lowest BCUT2D eigenvalue weighted by molar-refractivity contribution is 0.506. The van der Waals surface area contributed by atoms with E-state index >= 15 is 0 Å². The van der Waals surface area contributed by atoms with E-state index in [-0.39, 0.29) is 5.69 Å². The Bertz CT molecular complexity index is 335. The van der Waals surface area contributed by atoms with Gasteiger partial charge in [-0.2, -0.15) is 4.98 Å². The second-order valence-corrected chi connectivity index (χ2v) is 3.57. The minimum absolute atomic E-state index is 0.197. The van der Waals surface area contributed by atoms with E-state index in [1.165, 1.54) is 0 Å². The number of nitrogens with zero attached hydrogens (tertiary/aromatic N) is 2. The van der Waals surface area contributed by atoms with Gasteiger partial charge in [-0.25, -0.2) is 4.79 Å². The Morgan fingerprint density at radius 3 is 2.92 bits per heavy atom. The highest BCUT2D eigenvalue weighted by Gasteiger charge is 2.03. The van der Waals surface area contributed by atoms with Gasteiger partial charge in [-0.05, 0) is 18.9 Å². The number of hydrogen-bond acceptors (Lipinski definition) is 2. The van der Waals surface area contributed by atoms with Crippen molar-refractivity contribution in [2.75, 3.05) is 5.88 Å². The molecule has 72 valence electrons. The predicted octanol–water partition coefficient (Wildman–Crippen LogP) is 1.43. The maximum atomic E-state index is 11.3. The summed E-state index contributed by atoms with van der Waals surface area (Å²) in [5, 5.41) is 0. The normalized spacial score (nSPS) is 12.8. The molecule has 0 saturated heterocycles. The summed E-state index contributed by atoms with van der Waals surface area (Å²) >= 11 is 5.65. The van der Waals surface area contributed by atoms with Crippen molar-refractivity contribution in [3.05, 3.63) is 28.4 Å². The zero-order valence-electron chi connectivity index (χ0n) is 7.83. The van der Waals surface area contributed by atoms with Gasteiger partial charge < -0.3 is 0 Å². The summed E-state index contributed by atoms with van der Waals surface area (Å²) in [4.78, 5) is 15.1. The average Bonchev–Trinajstić information content (AvgIpc) is 2.09. The Morgan fingerprint density at radius 2 is 2.38 bits per heavy atom. The Kier molecular flexibility index (Phi) is 3.48. The molecule has 1 atom stereocenters. The molecule has 0 aliphatic heterocycles. The van der Waals surface area contributed by atoms with Crippen LogP contribution < -0.4 is 5.69 Å². The number of aromatic nitrogens is 2. The fraction of sp³-hybridized carbons (Fsp3) is 0.556. The van der Waals surface area contributed by atoms with Gasteiger partial charge in [0.05, 0.1) is 0 Å². The van der Waals surface area contributed by atoms with Crippen LogP contribution in [-0.4, -0.2) is 15.4 Å². The number of alkyl halides is 1. The van der Waals surface area contributed by atoms with Crippen LogP contribution in [0.4, 0.5) is 0 Å². The van der Waals surface area contributed by atoms with Crippen molar-refractivity contribution in [3.8, 4) is 0 Å². The van der Waals surface area contributed by atoms with Gasteiger partial charge >= 0.3 is 5.69 Å². The van der Waals surface area contributed by atoms with Gasteiger partial charge in [-0.15, -0.1) is 11.6 Å². The van der Waals surface area contributed by atoms with Crippen LogP contribution in [0.15, 0.2) is 17.1 Å². The fourth-order valence-electron chi connectivity index (χ4n) is 1.04. The highest BCUT2D eigenvalue weighted by Crippen LogP contribution is 2.00. The van der Waals surface area contributed by atoms with Crippen LogP contribution in [0.25, 0.3) is 0 Å². The molecule has 0 N–H and O–H groups in total. The van der Waals surface area contributed by atoms with Crippen molar-refractivity contribution in [1.29, 1.82) is 0 Å². The molecular weight excluding hydrogens is 188 g/mol. The van der Waals surface area contributed by atoms with E-state index in [1.54, 1.807) is 17.7 Å². The number of rotatable bonds is 3. The van der Waals surface area contributed by atoms with Gasteiger partial charge in [-0.3, -0.25) is 4.57 Å². The predicted molar refractivity (Wildman–Crippen MR) is 53.1 cm³/mol. The molecule has 3 nitrogen and oxygen atoms in total. The third-order valence-electron chi connectivity index (χ3n) is 1.79. The third kappa shape index (κ3) is 2.84. The minimum Gasteiger partial charge on any atom is -0.299 e. The van der Waals surface area contributed by atoms with E-state index in [0.717, 1.165) is 5.69 Å². The summed E-state index contributed by atoms with van der Waals surface area (Å²) in [5.74, 6) is 0.851. The van der Waals surface area contributed by atoms with Gasteiger partial charge in [0, 0.05) is 24.3 Å². The van der Waals surface area contributed by atoms with Crippen LogP contribution in [0.2, 0.25) is 0 Å². The van der Waals surface area contributed by atoms with Gasteiger partial charge in [-0.1, -0.05) is 6.92 Å². The molecule has 0 aromatic carbocycles. The molecule has 0 saturated carbocycles. The van der Waals surface area contributed by atoms with Gasteiger partial charge in [0.2, 0.25) is 0 Å². The molecule has 0 aliphatic carbocycles. The summed E-state index contributed by atoms with van der Waals surface area (Å²) in [6.07, 6.45) is 1.76. The van der Waals surface area contributed by atoms with E-state index in [2.05, 4.69) is 4.98 Å². The molecule has 0 aliphatic rings. The molecule has 1 rings (SSSR count). The first-order valence-electron chi connectivity index (χ1n) is 4.23. The third-order valence-corrected chi connectivity index (χ3v) is 2.31. The minimum atomic E-state index is -0.197. The second-order valence-electron chi connectivity index (χ2n) is 3.26. The Balaban J connectivity index is 2.84. The molecule has 0 bridgehead atoms. The molecule has 0 fully saturated rings. The molecule has 1 unspecified atom stereocenters. The van der Waals surface area contributed by atoms with Crippen molar-refractivity contribution in [3.63, 3.8) is 0 Å². The highest BCUT2D eigenvalue weighted by molar-refractivity contribution is 6.18. The SMILES string of the molecule is Cc1ccn(CC(C)CCl)c(=O)n1. The van der Waals surface area contributed by atoms with Crippen molar-refractivity contribution in [2.24, 2.45) is 5.92 Å². The van der Waals surface area contributed by atoms with Crippen LogP contribution in [0, 0.1) is 12.8 Å². The molecule has 1 aromatic heterocycles. The van der Waals surface area contributed by atoms with Crippen LogP contribution in [0.5, 0.6) is 0 Å². The van der Waals surface area contributed by atoms with Crippen LogP contribution in [0.1, 0.15) is 12.6 Å². The number of hydrogen-bond donors (Lipinski definition) is 0. The Morgan fingerprint density at radius 1 is 1.69 bits per heavy atom. The highest BCUT2D eigenvalue weighted by atomic mass is 35.5. The summed E-state index contributed by atoms with van der Waals surface area (Å²) in [7, 11) is 0. The summed E-state index contributed by atoms with van der Waals surface area (Å²) < 4.78 is 1.58. The van der Waals surface area contributed by atoms with E-state index < -0.39 is 0 Å². The van der Waals surface area contributed by atoms with E-state index in [0.29, 0.717) is 18.3 Å². The largest absolute Gasteiger partial charge is 0.347 e. The fourth-order valence-corrected chi connectivity index (χ4v) is 1.14. The number of aryl methyl sites for hydroxylation is 1. The van der Waals surface area contributed by atoms with Crippen molar-refractivity contribution in [1.82, 2.24) is 9.55 Å². The van der Waals surface area contributed by atoms with Crippen molar-refractivity contribution in [2.45, 2.75) is 20.4 Å². The molecule has 1 aromatic rings. The van der Waals surface area contributed by atoms with Crippen LogP contribution in [-0.2, 0) is 6.54 Å². The molecule has 0 radical (unpaired) electrons. The zero-order valence-corrected chi connectivity index (χ0v) is 8.58. The topological polar surface area (TPSA) is 34.9 Å². The summed E-state index contributed by atoms with van der Waals surface area (Å²) in [6, 6.07) is 1.82. The molecule has 0 spiro atoms. The molecule has 4 heteroatoms. The monoisotopic (exact) mass is 200 g/mol. The molecule has 0 amide bonds. The lowest BCUT2D eigenvalue weighted by Gasteiger charge is -2.09. The zero-order chi connectivity index (χ0) is 9.84. The molecular formula is C9H13ClN2O. The molecule has 13 heavy (non-hydrogen) atoms. The summed E-state index contributed by atoms with van der Waals surface area (Å²) in [6.45, 7) is 4.44. The first-order valence-corrected chi connectivity index (χ1v) is 4.77. The lowest BCUT2D eigenvalue weighted by atomic mass is 10.2. The van der Waals surface area contributed by atoms with E-state index in [1.807, 2.05) is 13.0 Å². The average molecular weight is 201 g/mol. The van der Waals surface area contributed by atoms with E-state index in [4.69, 9.17) is 11.6 Å². The van der Waals surface area contributed by atoms with E-state index in [9.17, 15) is 4.79 Å². The first-order chi connectivity index (χ1) is 6.13. The Labute approximate surface area is 82.4 Å². The van der Waals surface area contributed by atoms with Gasteiger partial charge in [0.1, 0.15) is 0 Å². The Hall–Kier alpha value is -0.830. The summed E-state index contributed by atoms with van der Waals surface area (Å²) in [5.41, 5.74) is 0.553. The van der Waals surface area contributed by atoms with Crippen molar-refractivity contribution < 1.29 is 0 Å². The van der Waals surface area contributed by atoms with Crippen molar-refractivity contribution >= 4 is 11.6 Å². The van der Waals surface area contributed by atoms with Gasteiger partial charge in [0.15, 0.2) is 0 Å². The van der Waals surface area contributed by atoms with Crippen LogP contribution in [0.3, 0.4) is 0 Å². The second kappa shape index (κ2) is 4.42.